The van der Waals surface area contributed by atoms with E-state index in [9.17, 15) is 5.26 Å². The van der Waals surface area contributed by atoms with Crippen LogP contribution in [0.3, 0.4) is 0 Å². The van der Waals surface area contributed by atoms with Crippen molar-refractivity contribution in [3.8, 4) is 45.5 Å². The second kappa shape index (κ2) is 10.1. The summed E-state index contributed by atoms with van der Waals surface area (Å²) in [5.74, 6) is 0.672. The second-order valence-electron chi connectivity index (χ2n) is 10.6. The van der Waals surface area contributed by atoms with Crippen molar-refractivity contribution in [1.82, 2.24) is 14.5 Å². The highest BCUT2D eigenvalue weighted by atomic mass is 15.0. The van der Waals surface area contributed by atoms with E-state index in [4.69, 9.17) is 9.97 Å². The van der Waals surface area contributed by atoms with Crippen LogP contribution in [0.5, 0.6) is 0 Å². The van der Waals surface area contributed by atoms with Gasteiger partial charge in [0.1, 0.15) is 0 Å². The van der Waals surface area contributed by atoms with Crippen LogP contribution in [-0.2, 0) is 0 Å². The van der Waals surface area contributed by atoms with Crippen LogP contribution in [0.2, 0.25) is 0 Å². The van der Waals surface area contributed by atoms with Crippen molar-refractivity contribution in [3.05, 3.63) is 151 Å². The molecule has 0 aliphatic carbocycles. The number of aromatic nitrogens is 3. The predicted molar refractivity (Wildman–Crippen MR) is 175 cm³/mol. The van der Waals surface area contributed by atoms with Crippen LogP contribution < -0.4 is 0 Å². The highest BCUT2D eigenvalue weighted by Crippen LogP contribution is 2.35. The summed E-state index contributed by atoms with van der Waals surface area (Å²) in [5.41, 5.74) is 10.1. The molecule has 0 amide bonds. The molecular weight excluding hydrogens is 524 g/mol. The third-order valence-electron chi connectivity index (χ3n) is 8.05. The Balaban J connectivity index is 1.21. The number of fused-ring (bicyclic) bond motifs is 4. The van der Waals surface area contributed by atoms with E-state index in [1.165, 1.54) is 21.8 Å². The maximum absolute atomic E-state index is 9.24. The van der Waals surface area contributed by atoms with Gasteiger partial charge in [-0.15, -0.1) is 0 Å². The number of hydrogen-bond donors (Lipinski definition) is 0. The minimum atomic E-state index is 0.626. The molecule has 2 heterocycles. The number of hydrogen-bond acceptors (Lipinski definition) is 3. The molecule has 0 N–H and O–H groups in total. The Hall–Kier alpha value is -6.05. The Bertz CT molecular complexity index is 2330. The molecule has 0 aliphatic heterocycles. The minimum Gasteiger partial charge on any atom is -0.309 e. The summed E-state index contributed by atoms with van der Waals surface area (Å²) in [6, 6.07) is 52.1. The lowest BCUT2D eigenvalue weighted by Crippen LogP contribution is -1.95. The van der Waals surface area contributed by atoms with E-state index in [0.29, 0.717) is 11.4 Å². The Morgan fingerprint density at radius 3 is 1.91 bits per heavy atom. The summed E-state index contributed by atoms with van der Waals surface area (Å²) in [6.45, 7) is 0. The normalized spacial score (nSPS) is 11.2. The quantitative estimate of drug-likeness (QED) is 0.220. The first-order chi connectivity index (χ1) is 21.3. The van der Waals surface area contributed by atoms with E-state index in [-0.39, 0.29) is 0 Å². The van der Waals surface area contributed by atoms with Gasteiger partial charge < -0.3 is 4.57 Å². The van der Waals surface area contributed by atoms with Crippen molar-refractivity contribution < 1.29 is 0 Å². The Kier molecular flexibility index (Phi) is 5.80. The Morgan fingerprint density at radius 2 is 1.12 bits per heavy atom. The fourth-order valence-electron chi connectivity index (χ4n) is 5.95. The molecule has 8 aromatic rings. The van der Waals surface area contributed by atoms with Crippen molar-refractivity contribution in [2.75, 3.05) is 0 Å². The lowest BCUT2D eigenvalue weighted by atomic mass is 10.0. The molecule has 2 aromatic heterocycles. The van der Waals surface area contributed by atoms with Crippen LogP contribution in [0, 0.1) is 11.3 Å². The zero-order chi connectivity index (χ0) is 28.8. The van der Waals surface area contributed by atoms with Gasteiger partial charge in [0.2, 0.25) is 0 Å². The highest BCUT2D eigenvalue weighted by Gasteiger charge is 2.14. The summed E-state index contributed by atoms with van der Waals surface area (Å²) in [7, 11) is 0. The van der Waals surface area contributed by atoms with E-state index in [0.717, 1.165) is 44.5 Å². The monoisotopic (exact) mass is 548 g/mol. The summed E-state index contributed by atoms with van der Waals surface area (Å²) in [5, 5.41) is 12.7. The summed E-state index contributed by atoms with van der Waals surface area (Å²) >= 11 is 0. The molecule has 0 saturated heterocycles. The number of rotatable bonds is 4. The molecule has 0 atom stereocenters. The summed E-state index contributed by atoms with van der Waals surface area (Å²) in [6.07, 6.45) is 0. The molecule has 0 spiro atoms. The average molecular weight is 549 g/mol. The topological polar surface area (TPSA) is 54.5 Å². The van der Waals surface area contributed by atoms with Gasteiger partial charge in [0.05, 0.1) is 33.9 Å². The van der Waals surface area contributed by atoms with E-state index in [2.05, 4.69) is 108 Å². The standard InChI is InChI=1S/C39H24N4/c40-25-26-14-16-28(17-15-26)38-33-11-4-6-12-35(33)41-39(42-38)29-20-18-27(19-21-29)30-22-23-37-34(24-30)32-10-5-7-13-36(32)43(37)31-8-2-1-3-9-31/h1-24H. The molecule has 0 aliphatic rings. The van der Waals surface area contributed by atoms with Crippen molar-refractivity contribution in [1.29, 1.82) is 5.26 Å². The van der Waals surface area contributed by atoms with Crippen LogP contribution in [0.1, 0.15) is 5.56 Å². The number of nitriles is 1. The molecule has 4 heteroatoms. The van der Waals surface area contributed by atoms with Crippen LogP contribution in [0.25, 0.3) is 72.2 Å². The third-order valence-corrected chi connectivity index (χ3v) is 8.05. The summed E-state index contributed by atoms with van der Waals surface area (Å²) in [4.78, 5) is 9.92. The molecule has 0 bridgehead atoms. The smallest absolute Gasteiger partial charge is 0.160 e. The van der Waals surface area contributed by atoms with Gasteiger partial charge in [0, 0.05) is 33.0 Å². The maximum atomic E-state index is 9.24. The lowest BCUT2D eigenvalue weighted by molar-refractivity contribution is 1.18. The number of para-hydroxylation sites is 3. The second-order valence-corrected chi connectivity index (χ2v) is 10.6. The van der Waals surface area contributed by atoms with Gasteiger partial charge in [-0.25, -0.2) is 9.97 Å². The number of benzene rings is 6. The highest BCUT2D eigenvalue weighted by molar-refractivity contribution is 6.10. The fourth-order valence-corrected chi connectivity index (χ4v) is 5.95. The van der Waals surface area contributed by atoms with Crippen molar-refractivity contribution in [3.63, 3.8) is 0 Å². The molecule has 8 rings (SSSR count). The van der Waals surface area contributed by atoms with E-state index in [1.54, 1.807) is 0 Å². The van der Waals surface area contributed by atoms with Gasteiger partial charge in [0.15, 0.2) is 5.82 Å². The lowest BCUT2D eigenvalue weighted by Gasteiger charge is -2.10. The van der Waals surface area contributed by atoms with Gasteiger partial charge in [-0.2, -0.15) is 5.26 Å². The predicted octanol–water partition coefficient (Wildman–Crippen LogP) is 9.60. The molecule has 0 fully saturated rings. The first-order valence-electron chi connectivity index (χ1n) is 14.2. The van der Waals surface area contributed by atoms with Crippen molar-refractivity contribution in [2.45, 2.75) is 0 Å². The molecule has 43 heavy (non-hydrogen) atoms. The van der Waals surface area contributed by atoms with Crippen molar-refractivity contribution in [2.24, 2.45) is 0 Å². The van der Waals surface area contributed by atoms with Crippen LogP contribution in [0.15, 0.2) is 146 Å². The Labute approximate surface area is 248 Å². The van der Waals surface area contributed by atoms with Gasteiger partial charge >= 0.3 is 0 Å². The average Bonchev–Trinajstić information content (AvgIpc) is 3.42. The van der Waals surface area contributed by atoms with Crippen LogP contribution in [0.4, 0.5) is 0 Å². The van der Waals surface area contributed by atoms with Gasteiger partial charge in [0.25, 0.3) is 0 Å². The largest absolute Gasteiger partial charge is 0.309 e. The molecule has 0 unspecified atom stereocenters. The molecule has 6 aromatic carbocycles. The zero-order valence-electron chi connectivity index (χ0n) is 23.1. The Morgan fingerprint density at radius 1 is 0.488 bits per heavy atom. The maximum Gasteiger partial charge on any atom is 0.160 e. The SMILES string of the molecule is N#Cc1ccc(-c2nc(-c3ccc(-c4ccc5c(c4)c4ccccc4n5-c4ccccc4)cc3)nc3ccccc23)cc1. The molecule has 0 saturated carbocycles. The minimum absolute atomic E-state index is 0.626. The molecular formula is C39H24N4. The molecule has 0 radical (unpaired) electrons. The van der Waals surface area contributed by atoms with Gasteiger partial charge in [-0.3, -0.25) is 0 Å². The van der Waals surface area contributed by atoms with Gasteiger partial charge in [-0.05, 0) is 59.7 Å². The van der Waals surface area contributed by atoms with E-state index >= 15 is 0 Å². The molecule has 200 valence electrons. The van der Waals surface area contributed by atoms with Crippen molar-refractivity contribution >= 4 is 32.7 Å². The van der Waals surface area contributed by atoms with E-state index < -0.39 is 0 Å². The van der Waals surface area contributed by atoms with Crippen LogP contribution >= 0.6 is 0 Å². The zero-order valence-corrected chi connectivity index (χ0v) is 23.1. The summed E-state index contributed by atoms with van der Waals surface area (Å²) < 4.78 is 2.33. The first-order valence-corrected chi connectivity index (χ1v) is 14.2. The van der Waals surface area contributed by atoms with Crippen LogP contribution in [-0.4, -0.2) is 14.5 Å². The molecule has 4 nitrogen and oxygen atoms in total. The fraction of sp³-hybridized carbons (Fsp3) is 0. The number of nitrogens with zero attached hydrogens (tertiary/aromatic N) is 4. The first kappa shape index (κ1) is 24.7. The third kappa shape index (κ3) is 4.23. The van der Waals surface area contributed by atoms with E-state index in [1.807, 2.05) is 48.5 Å². The van der Waals surface area contributed by atoms with Gasteiger partial charge in [-0.1, -0.05) is 97.1 Å².